The van der Waals surface area contributed by atoms with Gasteiger partial charge in [0.05, 0.1) is 0 Å². The Balaban J connectivity index is 2.11. The number of ether oxygens (including phenoxy) is 1. The summed E-state index contributed by atoms with van der Waals surface area (Å²) < 4.78 is 5.54. The monoisotopic (exact) mass is 317 g/mol. The van der Waals surface area contributed by atoms with Crippen molar-refractivity contribution in [2.45, 2.75) is 71.1 Å². The fraction of sp³-hybridized carbons (Fsp3) is 0.579. The van der Waals surface area contributed by atoms with Crippen molar-refractivity contribution in [3.63, 3.8) is 0 Å². The van der Waals surface area contributed by atoms with Crippen molar-refractivity contribution >= 4 is 11.9 Å². The van der Waals surface area contributed by atoms with Crippen LogP contribution in [0.2, 0.25) is 0 Å². The first-order valence-corrected chi connectivity index (χ1v) is 8.37. The predicted molar refractivity (Wildman–Crippen MR) is 90.6 cm³/mol. The second-order valence-corrected chi connectivity index (χ2v) is 7.31. The Bertz CT molecular complexity index is 547. The quantitative estimate of drug-likeness (QED) is 0.774. The van der Waals surface area contributed by atoms with Gasteiger partial charge in [-0.05, 0) is 47.0 Å². The summed E-state index contributed by atoms with van der Waals surface area (Å²) in [5, 5.41) is 0. The number of benzene rings is 1. The van der Waals surface area contributed by atoms with Crippen molar-refractivity contribution in [3.05, 3.63) is 35.9 Å². The Morgan fingerprint density at radius 3 is 2.43 bits per heavy atom. The third-order valence-corrected chi connectivity index (χ3v) is 4.15. The number of likely N-dealkylation sites (tertiary alicyclic amines) is 1. The summed E-state index contributed by atoms with van der Waals surface area (Å²) in [5.74, 6) is 0.0817. The maximum absolute atomic E-state index is 12.5. The smallest absolute Gasteiger partial charge is 0.410 e. The third-order valence-electron chi connectivity index (χ3n) is 4.15. The van der Waals surface area contributed by atoms with E-state index in [2.05, 4.69) is 0 Å². The molecule has 1 aromatic carbocycles. The molecule has 1 aromatic rings. The molecule has 1 aliphatic heterocycles. The number of rotatable bonds is 3. The lowest BCUT2D eigenvalue weighted by atomic mass is 9.92. The average Bonchev–Trinajstić information content (AvgIpc) is 2.46. The molecule has 0 aromatic heterocycles. The lowest BCUT2D eigenvalue weighted by Crippen LogP contribution is -2.51. The van der Waals surface area contributed by atoms with E-state index in [-0.39, 0.29) is 24.0 Å². The van der Waals surface area contributed by atoms with E-state index in [1.807, 2.05) is 58.0 Å². The van der Waals surface area contributed by atoms with E-state index in [9.17, 15) is 9.59 Å². The number of amides is 1. The van der Waals surface area contributed by atoms with Crippen LogP contribution >= 0.6 is 0 Å². The predicted octanol–water partition coefficient (Wildman–Crippen LogP) is 4.44. The molecule has 23 heavy (non-hydrogen) atoms. The molecule has 0 radical (unpaired) electrons. The van der Waals surface area contributed by atoms with Crippen molar-refractivity contribution in [1.29, 1.82) is 0 Å². The summed E-state index contributed by atoms with van der Waals surface area (Å²) in [6.45, 7) is 7.62. The molecular formula is C19H27NO3. The van der Waals surface area contributed by atoms with Crippen molar-refractivity contribution in [2.75, 3.05) is 0 Å². The van der Waals surface area contributed by atoms with Crippen molar-refractivity contribution in [2.24, 2.45) is 0 Å². The van der Waals surface area contributed by atoms with Gasteiger partial charge >= 0.3 is 6.09 Å². The number of nitrogens with zero attached hydrogens (tertiary/aromatic N) is 1. The maximum atomic E-state index is 12.5. The summed E-state index contributed by atoms with van der Waals surface area (Å²) in [6.07, 6.45) is 2.88. The normalized spacial score (nSPS) is 21.8. The van der Waals surface area contributed by atoms with Crippen molar-refractivity contribution < 1.29 is 14.3 Å². The lowest BCUT2D eigenvalue weighted by molar-refractivity contribution is -0.00305. The molecule has 1 heterocycles. The van der Waals surface area contributed by atoms with Crippen LogP contribution in [0, 0.1) is 0 Å². The molecule has 1 amide bonds. The highest BCUT2D eigenvalue weighted by Gasteiger charge is 2.35. The molecule has 126 valence electrons. The molecule has 0 bridgehead atoms. The van der Waals surface area contributed by atoms with E-state index in [1.165, 1.54) is 0 Å². The van der Waals surface area contributed by atoms with Gasteiger partial charge in [-0.2, -0.15) is 0 Å². The highest BCUT2D eigenvalue weighted by Crippen LogP contribution is 2.28. The van der Waals surface area contributed by atoms with E-state index in [1.54, 1.807) is 4.90 Å². The van der Waals surface area contributed by atoms with Crippen LogP contribution in [0.25, 0.3) is 0 Å². The molecule has 0 N–H and O–H groups in total. The van der Waals surface area contributed by atoms with Crippen LogP contribution in [0.5, 0.6) is 0 Å². The van der Waals surface area contributed by atoms with E-state index >= 15 is 0 Å². The van der Waals surface area contributed by atoms with Crippen molar-refractivity contribution in [1.82, 2.24) is 4.90 Å². The number of ketones is 1. The molecule has 0 saturated carbocycles. The Morgan fingerprint density at radius 1 is 1.17 bits per heavy atom. The molecular weight excluding hydrogens is 290 g/mol. The average molecular weight is 317 g/mol. The van der Waals surface area contributed by atoms with Gasteiger partial charge in [-0.1, -0.05) is 30.3 Å². The van der Waals surface area contributed by atoms with Gasteiger partial charge in [-0.3, -0.25) is 4.79 Å². The van der Waals surface area contributed by atoms with E-state index in [4.69, 9.17) is 4.74 Å². The molecule has 2 rings (SSSR count). The van der Waals surface area contributed by atoms with Crippen LogP contribution in [0.1, 0.15) is 63.7 Å². The summed E-state index contributed by atoms with van der Waals surface area (Å²) in [4.78, 5) is 26.8. The summed E-state index contributed by atoms with van der Waals surface area (Å²) in [7, 11) is 0. The second kappa shape index (κ2) is 7.16. The number of piperidine rings is 1. The molecule has 2 atom stereocenters. The number of carbonyl (C=O) groups excluding carboxylic acids is 2. The largest absolute Gasteiger partial charge is 0.444 e. The fourth-order valence-electron chi connectivity index (χ4n) is 3.09. The minimum Gasteiger partial charge on any atom is -0.444 e. The van der Waals surface area contributed by atoms with E-state index in [0.29, 0.717) is 12.0 Å². The zero-order valence-electron chi connectivity index (χ0n) is 14.5. The Hall–Kier alpha value is -1.84. The van der Waals surface area contributed by atoms with E-state index in [0.717, 1.165) is 19.3 Å². The zero-order chi connectivity index (χ0) is 17.0. The standard InChI is InChI=1S/C19H27NO3/c1-14-9-8-12-16(20(14)18(22)23-19(2,3)4)13-17(21)15-10-6-5-7-11-15/h5-7,10-11,14,16H,8-9,12-13H2,1-4H3. The van der Waals surface area contributed by atoms with Gasteiger partial charge in [0.1, 0.15) is 5.60 Å². The minimum absolute atomic E-state index is 0.0817. The van der Waals surface area contributed by atoms with Gasteiger partial charge in [-0.15, -0.1) is 0 Å². The minimum atomic E-state index is -0.526. The third kappa shape index (κ3) is 4.81. The molecule has 0 aliphatic carbocycles. The Labute approximate surface area is 138 Å². The molecule has 1 fully saturated rings. The molecule has 1 aliphatic rings. The first kappa shape index (κ1) is 17.5. The van der Waals surface area contributed by atoms with Crippen LogP contribution in [0.3, 0.4) is 0 Å². The van der Waals surface area contributed by atoms with Crippen molar-refractivity contribution in [3.8, 4) is 0 Å². The van der Waals surface area contributed by atoms with Crippen LogP contribution in [-0.2, 0) is 4.74 Å². The zero-order valence-corrected chi connectivity index (χ0v) is 14.5. The topological polar surface area (TPSA) is 46.6 Å². The van der Waals surface area contributed by atoms with Crippen LogP contribution in [0.4, 0.5) is 4.79 Å². The SMILES string of the molecule is CC1CCCC(CC(=O)c2ccccc2)N1C(=O)OC(C)(C)C. The lowest BCUT2D eigenvalue weighted by Gasteiger charge is -2.41. The van der Waals surface area contributed by atoms with Gasteiger partial charge in [0.2, 0.25) is 0 Å². The van der Waals surface area contributed by atoms with Gasteiger partial charge in [-0.25, -0.2) is 4.79 Å². The highest BCUT2D eigenvalue weighted by atomic mass is 16.6. The number of carbonyl (C=O) groups is 2. The maximum Gasteiger partial charge on any atom is 0.410 e. The first-order chi connectivity index (χ1) is 10.8. The molecule has 0 spiro atoms. The number of hydrogen-bond acceptors (Lipinski definition) is 3. The molecule has 2 unspecified atom stereocenters. The first-order valence-electron chi connectivity index (χ1n) is 8.37. The number of Topliss-reactive ketones (excluding diaryl/α,β-unsaturated/α-hetero) is 1. The van der Waals surface area contributed by atoms with Gasteiger partial charge in [0.25, 0.3) is 0 Å². The van der Waals surface area contributed by atoms with Gasteiger partial charge in [0.15, 0.2) is 5.78 Å². The molecule has 1 saturated heterocycles. The van der Waals surface area contributed by atoms with Crippen LogP contribution in [-0.4, -0.2) is 34.5 Å². The van der Waals surface area contributed by atoms with E-state index < -0.39 is 5.60 Å². The Kier molecular flexibility index (Phi) is 5.45. The van der Waals surface area contributed by atoms with Gasteiger partial charge in [0, 0.05) is 24.1 Å². The molecule has 4 nitrogen and oxygen atoms in total. The number of hydrogen-bond donors (Lipinski definition) is 0. The molecule has 4 heteroatoms. The fourth-order valence-corrected chi connectivity index (χ4v) is 3.09. The Morgan fingerprint density at radius 2 is 1.83 bits per heavy atom. The summed E-state index contributed by atoms with van der Waals surface area (Å²) in [6, 6.07) is 9.30. The summed E-state index contributed by atoms with van der Waals surface area (Å²) >= 11 is 0. The summed E-state index contributed by atoms with van der Waals surface area (Å²) in [5.41, 5.74) is 0.178. The second-order valence-electron chi connectivity index (χ2n) is 7.31. The highest BCUT2D eigenvalue weighted by molar-refractivity contribution is 5.96. The van der Waals surface area contributed by atoms with Crippen LogP contribution in [0.15, 0.2) is 30.3 Å². The van der Waals surface area contributed by atoms with Gasteiger partial charge < -0.3 is 9.64 Å². The van der Waals surface area contributed by atoms with Crippen LogP contribution < -0.4 is 0 Å².